The summed E-state index contributed by atoms with van der Waals surface area (Å²) in [6.07, 6.45) is 1.81. The molecule has 0 aliphatic rings. The molecule has 1 aromatic heterocycles. The zero-order valence-corrected chi connectivity index (χ0v) is 16.8. The minimum absolute atomic E-state index is 0.546. The van der Waals surface area contributed by atoms with Crippen LogP contribution in [0.15, 0.2) is 72.9 Å². The average molecular weight is 409 g/mol. The van der Waals surface area contributed by atoms with Gasteiger partial charge in [0.25, 0.3) is 0 Å². The van der Waals surface area contributed by atoms with Gasteiger partial charge >= 0.3 is 0 Å². The van der Waals surface area contributed by atoms with Crippen LogP contribution in [0, 0.1) is 6.92 Å². The molecule has 28 heavy (non-hydrogen) atoms. The molecule has 3 nitrogen and oxygen atoms in total. The Morgan fingerprint density at radius 1 is 0.893 bits per heavy atom. The van der Waals surface area contributed by atoms with E-state index in [1.165, 1.54) is 0 Å². The number of nitrogens with zero attached hydrogens (tertiary/aromatic N) is 1. The number of benzene rings is 3. The highest BCUT2D eigenvalue weighted by molar-refractivity contribution is 6.35. The Morgan fingerprint density at radius 2 is 1.64 bits per heavy atom. The molecule has 0 spiro atoms. The van der Waals surface area contributed by atoms with Crippen molar-refractivity contribution in [1.82, 2.24) is 9.97 Å². The van der Waals surface area contributed by atoms with Gasteiger partial charge in [-0.25, -0.2) is 4.98 Å². The molecule has 0 saturated carbocycles. The highest BCUT2D eigenvalue weighted by atomic mass is 35.5. The summed E-state index contributed by atoms with van der Waals surface area (Å²) in [6, 6.07) is 21.6. The van der Waals surface area contributed by atoms with E-state index in [1.807, 2.05) is 55.6 Å². The van der Waals surface area contributed by atoms with E-state index in [9.17, 15) is 0 Å². The van der Waals surface area contributed by atoms with Crippen LogP contribution in [0.25, 0.3) is 22.6 Å². The summed E-state index contributed by atoms with van der Waals surface area (Å²) in [5, 5.41) is 1.16. The van der Waals surface area contributed by atoms with Crippen LogP contribution in [0.1, 0.15) is 11.1 Å². The second kappa shape index (κ2) is 8.09. The Labute approximate surface area is 173 Å². The van der Waals surface area contributed by atoms with Crippen LogP contribution in [0.5, 0.6) is 5.75 Å². The first-order valence-electron chi connectivity index (χ1n) is 8.88. The van der Waals surface area contributed by atoms with Crippen molar-refractivity contribution in [3.63, 3.8) is 0 Å². The van der Waals surface area contributed by atoms with Crippen LogP contribution in [0.4, 0.5) is 0 Å². The summed E-state index contributed by atoms with van der Waals surface area (Å²) in [6.45, 7) is 2.59. The average Bonchev–Trinajstić information content (AvgIpc) is 3.17. The standard InChI is InChI=1S/C23H18Cl2N2O/c1-15-9-17(7-8-22(15)28-14-16-5-3-2-4-6-16)21-13-26-23(27-21)18-10-19(24)12-20(25)11-18/h2-13H,14H2,1H3,(H,26,27). The summed E-state index contributed by atoms with van der Waals surface area (Å²) in [7, 11) is 0. The Bertz CT molecular complexity index is 1090. The van der Waals surface area contributed by atoms with Gasteiger partial charge in [-0.1, -0.05) is 53.5 Å². The molecular weight excluding hydrogens is 391 g/mol. The van der Waals surface area contributed by atoms with E-state index in [-0.39, 0.29) is 0 Å². The fourth-order valence-electron chi connectivity index (χ4n) is 3.02. The van der Waals surface area contributed by atoms with E-state index in [0.29, 0.717) is 16.7 Å². The summed E-state index contributed by atoms with van der Waals surface area (Å²) in [5.41, 5.74) is 5.02. The maximum Gasteiger partial charge on any atom is 0.137 e. The van der Waals surface area contributed by atoms with Crippen molar-refractivity contribution < 1.29 is 4.74 Å². The van der Waals surface area contributed by atoms with E-state index in [4.69, 9.17) is 27.9 Å². The van der Waals surface area contributed by atoms with Crippen LogP contribution in [-0.4, -0.2) is 9.97 Å². The SMILES string of the molecule is Cc1cc(-c2cnc(-c3cc(Cl)cc(Cl)c3)[nH]2)ccc1OCc1ccccc1. The second-order valence-corrected chi connectivity index (χ2v) is 7.43. The van der Waals surface area contributed by atoms with E-state index < -0.39 is 0 Å². The highest BCUT2D eigenvalue weighted by Crippen LogP contribution is 2.29. The molecule has 0 fully saturated rings. The molecule has 1 heterocycles. The molecule has 4 rings (SSSR count). The second-order valence-electron chi connectivity index (χ2n) is 6.56. The molecule has 1 N–H and O–H groups in total. The summed E-state index contributed by atoms with van der Waals surface area (Å²) in [5.74, 6) is 1.59. The molecule has 0 aliphatic heterocycles. The first-order valence-corrected chi connectivity index (χ1v) is 9.63. The van der Waals surface area contributed by atoms with E-state index in [1.54, 1.807) is 6.07 Å². The third-order valence-corrected chi connectivity index (χ3v) is 4.87. The fraction of sp³-hybridized carbons (Fsp3) is 0.0870. The van der Waals surface area contributed by atoms with Gasteiger partial charge in [-0.15, -0.1) is 0 Å². The summed E-state index contributed by atoms with van der Waals surface area (Å²) >= 11 is 12.2. The van der Waals surface area contributed by atoms with Crippen LogP contribution >= 0.6 is 23.2 Å². The van der Waals surface area contributed by atoms with Gasteiger partial charge in [-0.3, -0.25) is 0 Å². The van der Waals surface area contributed by atoms with Gasteiger partial charge in [0.2, 0.25) is 0 Å². The van der Waals surface area contributed by atoms with Gasteiger partial charge in [0, 0.05) is 21.2 Å². The number of aryl methyl sites for hydroxylation is 1. The van der Waals surface area contributed by atoms with Crippen molar-refractivity contribution in [3.05, 3.63) is 94.1 Å². The van der Waals surface area contributed by atoms with Crippen molar-refractivity contribution >= 4 is 23.2 Å². The van der Waals surface area contributed by atoms with Crippen molar-refractivity contribution in [3.8, 4) is 28.4 Å². The predicted octanol–water partition coefficient (Wildman–Crippen LogP) is 6.94. The number of hydrogen-bond donors (Lipinski definition) is 1. The van der Waals surface area contributed by atoms with Crippen molar-refractivity contribution in [2.45, 2.75) is 13.5 Å². The monoisotopic (exact) mass is 408 g/mol. The largest absolute Gasteiger partial charge is 0.489 e. The molecule has 0 radical (unpaired) electrons. The highest BCUT2D eigenvalue weighted by Gasteiger charge is 2.09. The van der Waals surface area contributed by atoms with Gasteiger partial charge in [0.1, 0.15) is 18.2 Å². The number of aromatic nitrogens is 2. The van der Waals surface area contributed by atoms with Gasteiger partial charge in [-0.2, -0.15) is 0 Å². The molecule has 5 heteroatoms. The Morgan fingerprint density at radius 3 is 2.36 bits per heavy atom. The zero-order chi connectivity index (χ0) is 19.5. The maximum absolute atomic E-state index is 6.10. The molecule has 0 bridgehead atoms. The number of hydrogen-bond acceptors (Lipinski definition) is 2. The number of halogens is 2. The Balaban J connectivity index is 1.54. The minimum Gasteiger partial charge on any atom is -0.489 e. The first kappa shape index (κ1) is 18.6. The van der Waals surface area contributed by atoms with E-state index in [0.717, 1.165) is 39.5 Å². The number of nitrogens with one attached hydrogen (secondary N) is 1. The number of ether oxygens (including phenoxy) is 1. The Hall–Kier alpha value is -2.75. The number of rotatable bonds is 5. The number of aromatic amines is 1. The molecular formula is C23H18Cl2N2O. The smallest absolute Gasteiger partial charge is 0.137 e. The molecule has 0 unspecified atom stereocenters. The summed E-state index contributed by atoms with van der Waals surface area (Å²) < 4.78 is 5.96. The molecule has 0 atom stereocenters. The van der Waals surface area contributed by atoms with Crippen molar-refractivity contribution in [2.75, 3.05) is 0 Å². The van der Waals surface area contributed by atoms with Crippen LogP contribution in [0.3, 0.4) is 0 Å². The summed E-state index contributed by atoms with van der Waals surface area (Å²) in [4.78, 5) is 7.80. The third-order valence-electron chi connectivity index (χ3n) is 4.43. The topological polar surface area (TPSA) is 37.9 Å². The Kier molecular flexibility index (Phi) is 5.38. The maximum atomic E-state index is 6.10. The molecule has 4 aromatic rings. The minimum atomic E-state index is 0.546. The van der Waals surface area contributed by atoms with Gasteiger partial charge in [0.15, 0.2) is 0 Å². The van der Waals surface area contributed by atoms with E-state index >= 15 is 0 Å². The number of H-pyrrole nitrogens is 1. The van der Waals surface area contributed by atoms with E-state index in [2.05, 4.69) is 28.2 Å². The predicted molar refractivity (Wildman–Crippen MR) is 115 cm³/mol. The molecule has 0 amide bonds. The molecule has 0 aliphatic carbocycles. The lowest BCUT2D eigenvalue weighted by Crippen LogP contribution is -1.97. The number of imidazole rings is 1. The molecule has 140 valence electrons. The normalized spacial score (nSPS) is 10.8. The molecule has 3 aromatic carbocycles. The molecule has 0 saturated heterocycles. The first-order chi connectivity index (χ1) is 13.6. The quantitative estimate of drug-likeness (QED) is 0.388. The fourth-order valence-corrected chi connectivity index (χ4v) is 3.55. The van der Waals surface area contributed by atoms with Crippen LogP contribution in [-0.2, 0) is 6.61 Å². The van der Waals surface area contributed by atoms with Crippen molar-refractivity contribution in [1.29, 1.82) is 0 Å². The van der Waals surface area contributed by atoms with Crippen LogP contribution < -0.4 is 4.74 Å². The zero-order valence-electron chi connectivity index (χ0n) is 15.2. The van der Waals surface area contributed by atoms with Crippen LogP contribution in [0.2, 0.25) is 10.0 Å². The van der Waals surface area contributed by atoms with Gasteiger partial charge in [-0.05, 0) is 54.4 Å². The third kappa shape index (κ3) is 4.22. The van der Waals surface area contributed by atoms with Gasteiger partial charge < -0.3 is 9.72 Å². The lowest BCUT2D eigenvalue weighted by atomic mass is 10.1. The van der Waals surface area contributed by atoms with Crippen molar-refractivity contribution in [2.24, 2.45) is 0 Å². The van der Waals surface area contributed by atoms with Gasteiger partial charge in [0.05, 0.1) is 11.9 Å². The lowest BCUT2D eigenvalue weighted by Gasteiger charge is -2.10. The lowest BCUT2D eigenvalue weighted by molar-refractivity contribution is 0.304.